The second-order valence-corrected chi connectivity index (χ2v) is 4.48. The average Bonchev–Trinajstić information content (AvgIpc) is 2.93. The summed E-state index contributed by atoms with van der Waals surface area (Å²) in [4.78, 5) is 2.36. The highest BCUT2D eigenvalue weighted by atomic mass is 32.1. The van der Waals surface area contributed by atoms with Crippen molar-refractivity contribution in [2.75, 3.05) is 18.9 Å². The molecule has 1 aromatic heterocycles. The molecule has 1 N–H and O–H groups in total. The number of aromatic nitrogens is 2. The van der Waals surface area contributed by atoms with Crippen molar-refractivity contribution >= 4 is 16.5 Å². The van der Waals surface area contributed by atoms with Gasteiger partial charge in [-0.15, -0.1) is 5.10 Å². The molecule has 78 valence electrons. The summed E-state index contributed by atoms with van der Waals surface area (Å²) in [7, 11) is 2.16. The SMILES string of the molecule is CCNc1snnc1CN(C)C1CC1. The lowest BCUT2D eigenvalue weighted by molar-refractivity contribution is 0.313. The van der Waals surface area contributed by atoms with Crippen LogP contribution >= 0.6 is 11.5 Å². The van der Waals surface area contributed by atoms with Crippen molar-refractivity contribution in [2.45, 2.75) is 32.4 Å². The summed E-state index contributed by atoms with van der Waals surface area (Å²) in [6, 6.07) is 0.783. The third-order valence-electron chi connectivity index (χ3n) is 2.46. The Labute approximate surface area is 88.5 Å². The standard InChI is InChI=1S/C9H16N4S/c1-3-10-9-8(11-12-14-9)6-13(2)7-4-5-7/h7,10H,3-6H2,1-2H3. The van der Waals surface area contributed by atoms with E-state index in [0.717, 1.165) is 29.8 Å². The molecule has 14 heavy (non-hydrogen) atoms. The maximum absolute atomic E-state index is 4.15. The molecule has 1 aromatic rings. The molecule has 1 aliphatic rings. The van der Waals surface area contributed by atoms with Gasteiger partial charge in [0, 0.05) is 30.7 Å². The van der Waals surface area contributed by atoms with Gasteiger partial charge in [0.15, 0.2) is 0 Å². The van der Waals surface area contributed by atoms with Crippen molar-refractivity contribution < 1.29 is 0 Å². The normalized spacial score (nSPS) is 16.2. The van der Waals surface area contributed by atoms with Gasteiger partial charge in [-0.1, -0.05) is 4.49 Å². The van der Waals surface area contributed by atoms with Crippen molar-refractivity contribution in [3.8, 4) is 0 Å². The fraction of sp³-hybridized carbons (Fsp3) is 0.778. The van der Waals surface area contributed by atoms with E-state index in [1.54, 1.807) is 0 Å². The minimum Gasteiger partial charge on any atom is -0.374 e. The fourth-order valence-electron chi connectivity index (χ4n) is 1.49. The molecule has 0 spiro atoms. The van der Waals surface area contributed by atoms with Gasteiger partial charge in [0.1, 0.15) is 10.7 Å². The lowest BCUT2D eigenvalue weighted by Gasteiger charge is -2.14. The summed E-state index contributed by atoms with van der Waals surface area (Å²) in [5, 5.41) is 8.56. The summed E-state index contributed by atoms with van der Waals surface area (Å²) >= 11 is 1.45. The first-order valence-electron chi connectivity index (χ1n) is 5.06. The summed E-state index contributed by atoms with van der Waals surface area (Å²) < 4.78 is 3.98. The minimum absolute atomic E-state index is 0.783. The first kappa shape index (κ1) is 9.86. The Morgan fingerprint density at radius 3 is 3.00 bits per heavy atom. The summed E-state index contributed by atoms with van der Waals surface area (Å²) in [6.07, 6.45) is 2.68. The maximum Gasteiger partial charge on any atom is 0.134 e. The molecule has 0 amide bonds. The van der Waals surface area contributed by atoms with E-state index in [1.165, 1.54) is 24.4 Å². The molecule has 0 atom stereocenters. The van der Waals surface area contributed by atoms with Crippen molar-refractivity contribution in [1.29, 1.82) is 0 Å². The van der Waals surface area contributed by atoms with Crippen LogP contribution in [-0.4, -0.2) is 34.1 Å². The van der Waals surface area contributed by atoms with E-state index in [-0.39, 0.29) is 0 Å². The van der Waals surface area contributed by atoms with Crippen molar-refractivity contribution in [1.82, 2.24) is 14.5 Å². The van der Waals surface area contributed by atoms with Gasteiger partial charge in [0.2, 0.25) is 0 Å². The van der Waals surface area contributed by atoms with Gasteiger partial charge in [0.25, 0.3) is 0 Å². The van der Waals surface area contributed by atoms with Crippen molar-refractivity contribution in [3.05, 3.63) is 5.69 Å². The molecular weight excluding hydrogens is 196 g/mol. The highest BCUT2D eigenvalue weighted by molar-refractivity contribution is 7.10. The topological polar surface area (TPSA) is 41.1 Å². The Morgan fingerprint density at radius 2 is 2.36 bits per heavy atom. The third kappa shape index (κ3) is 2.22. The molecule has 1 saturated carbocycles. The zero-order chi connectivity index (χ0) is 9.97. The Morgan fingerprint density at radius 1 is 1.57 bits per heavy atom. The zero-order valence-electron chi connectivity index (χ0n) is 8.66. The van der Waals surface area contributed by atoms with Gasteiger partial charge in [-0.2, -0.15) is 0 Å². The summed E-state index contributed by atoms with van der Waals surface area (Å²) in [5.74, 6) is 0. The second kappa shape index (κ2) is 4.23. The van der Waals surface area contributed by atoms with Crippen LogP contribution in [0.25, 0.3) is 0 Å². The summed E-state index contributed by atoms with van der Waals surface area (Å²) in [6.45, 7) is 3.95. The molecular formula is C9H16N4S. The van der Waals surface area contributed by atoms with Crippen LogP contribution in [0.5, 0.6) is 0 Å². The fourth-order valence-corrected chi connectivity index (χ4v) is 2.13. The van der Waals surface area contributed by atoms with E-state index < -0.39 is 0 Å². The Hall–Kier alpha value is -0.680. The Bertz CT molecular complexity index is 295. The third-order valence-corrected chi connectivity index (χ3v) is 3.19. The highest BCUT2D eigenvalue weighted by Gasteiger charge is 2.27. The first-order valence-corrected chi connectivity index (χ1v) is 5.84. The van der Waals surface area contributed by atoms with Gasteiger partial charge < -0.3 is 5.32 Å². The quantitative estimate of drug-likeness (QED) is 0.804. The predicted molar refractivity (Wildman–Crippen MR) is 58.6 cm³/mol. The largest absolute Gasteiger partial charge is 0.374 e. The van der Waals surface area contributed by atoms with Crippen LogP contribution in [0.2, 0.25) is 0 Å². The van der Waals surface area contributed by atoms with E-state index in [2.05, 4.69) is 33.8 Å². The smallest absolute Gasteiger partial charge is 0.134 e. The number of nitrogens with zero attached hydrogens (tertiary/aromatic N) is 3. The molecule has 1 heterocycles. The number of anilines is 1. The molecule has 1 fully saturated rings. The van der Waals surface area contributed by atoms with E-state index in [0.29, 0.717) is 0 Å². The Kier molecular flexibility index (Phi) is 2.98. The monoisotopic (exact) mass is 212 g/mol. The van der Waals surface area contributed by atoms with Crippen LogP contribution in [0, 0.1) is 0 Å². The van der Waals surface area contributed by atoms with E-state index in [1.807, 2.05) is 0 Å². The van der Waals surface area contributed by atoms with Crippen LogP contribution in [0.1, 0.15) is 25.5 Å². The van der Waals surface area contributed by atoms with E-state index in [4.69, 9.17) is 0 Å². The number of nitrogens with one attached hydrogen (secondary N) is 1. The molecule has 0 aromatic carbocycles. The van der Waals surface area contributed by atoms with Crippen LogP contribution in [-0.2, 0) is 6.54 Å². The van der Waals surface area contributed by atoms with Gasteiger partial charge in [-0.05, 0) is 26.8 Å². The van der Waals surface area contributed by atoms with E-state index >= 15 is 0 Å². The van der Waals surface area contributed by atoms with Gasteiger partial charge in [-0.25, -0.2) is 0 Å². The lowest BCUT2D eigenvalue weighted by atomic mass is 10.4. The van der Waals surface area contributed by atoms with Gasteiger partial charge in [0.05, 0.1) is 0 Å². The molecule has 1 aliphatic carbocycles. The summed E-state index contributed by atoms with van der Waals surface area (Å²) in [5.41, 5.74) is 1.09. The minimum atomic E-state index is 0.783. The van der Waals surface area contributed by atoms with Crippen LogP contribution in [0.3, 0.4) is 0 Å². The predicted octanol–water partition coefficient (Wildman–Crippen LogP) is 1.56. The van der Waals surface area contributed by atoms with Crippen LogP contribution < -0.4 is 5.32 Å². The molecule has 5 heteroatoms. The lowest BCUT2D eigenvalue weighted by Crippen LogP contribution is -2.20. The molecule has 0 unspecified atom stereocenters. The number of hydrogen-bond acceptors (Lipinski definition) is 5. The number of rotatable bonds is 5. The molecule has 0 radical (unpaired) electrons. The highest BCUT2D eigenvalue weighted by Crippen LogP contribution is 2.28. The molecule has 2 rings (SSSR count). The maximum atomic E-state index is 4.15. The van der Waals surface area contributed by atoms with Gasteiger partial charge in [-0.3, -0.25) is 4.90 Å². The van der Waals surface area contributed by atoms with Gasteiger partial charge >= 0.3 is 0 Å². The first-order chi connectivity index (χ1) is 6.81. The number of hydrogen-bond donors (Lipinski definition) is 1. The van der Waals surface area contributed by atoms with Crippen molar-refractivity contribution in [3.63, 3.8) is 0 Å². The van der Waals surface area contributed by atoms with Crippen molar-refractivity contribution in [2.24, 2.45) is 0 Å². The van der Waals surface area contributed by atoms with Crippen LogP contribution in [0.4, 0.5) is 5.00 Å². The zero-order valence-corrected chi connectivity index (χ0v) is 9.47. The molecule has 0 aliphatic heterocycles. The average molecular weight is 212 g/mol. The molecule has 0 saturated heterocycles. The van der Waals surface area contributed by atoms with Crippen LogP contribution in [0.15, 0.2) is 0 Å². The van der Waals surface area contributed by atoms with E-state index in [9.17, 15) is 0 Å². The molecule has 0 bridgehead atoms. The Balaban J connectivity index is 1.96. The molecule has 4 nitrogen and oxygen atoms in total. The second-order valence-electron chi connectivity index (χ2n) is 3.73.